The summed E-state index contributed by atoms with van der Waals surface area (Å²) in [7, 11) is 0. The third-order valence-corrected chi connectivity index (χ3v) is 4.80. The number of anilines is 1. The molecule has 0 bridgehead atoms. The molecule has 1 heterocycles. The Labute approximate surface area is 139 Å². The number of aldehydes is 1. The lowest BCUT2D eigenvalue weighted by molar-refractivity contribution is 0.112. The zero-order valence-corrected chi connectivity index (χ0v) is 14.0. The Morgan fingerprint density at radius 1 is 0.955 bits per heavy atom. The predicted molar refractivity (Wildman–Crippen MR) is 93.5 cm³/mol. The normalized spacial score (nSPS) is 15.8. The fourth-order valence-corrected chi connectivity index (χ4v) is 3.36. The van der Waals surface area contributed by atoms with Gasteiger partial charge in [0.1, 0.15) is 0 Å². The van der Waals surface area contributed by atoms with Crippen LogP contribution in [0.5, 0.6) is 0 Å². The van der Waals surface area contributed by atoms with Gasteiger partial charge in [0.15, 0.2) is 6.29 Å². The monoisotopic (exact) mass is 358 g/mol. The Balaban J connectivity index is 1.65. The Morgan fingerprint density at radius 3 is 2.36 bits per heavy atom. The first kappa shape index (κ1) is 15.3. The first-order valence-corrected chi connectivity index (χ1v) is 8.32. The van der Waals surface area contributed by atoms with E-state index in [1.165, 1.54) is 5.56 Å². The standard InChI is InChI=1S/C18H19BrN2O/c19-17-7-4-8-18(16(17)14-22)21-11-9-20(10-12-21)13-15-5-2-1-3-6-15/h1-8,14H,9-13H2. The molecule has 22 heavy (non-hydrogen) atoms. The third kappa shape index (κ3) is 3.39. The van der Waals surface area contributed by atoms with Crippen molar-refractivity contribution in [1.82, 2.24) is 4.90 Å². The molecule has 0 aromatic heterocycles. The van der Waals surface area contributed by atoms with Crippen molar-refractivity contribution in [2.45, 2.75) is 6.54 Å². The van der Waals surface area contributed by atoms with Crippen LogP contribution in [0.3, 0.4) is 0 Å². The van der Waals surface area contributed by atoms with E-state index < -0.39 is 0 Å². The second kappa shape index (κ2) is 7.07. The van der Waals surface area contributed by atoms with E-state index >= 15 is 0 Å². The second-order valence-corrected chi connectivity index (χ2v) is 6.39. The summed E-state index contributed by atoms with van der Waals surface area (Å²) in [6.45, 7) is 4.92. The summed E-state index contributed by atoms with van der Waals surface area (Å²) in [5, 5.41) is 0. The highest BCUT2D eigenvalue weighted by atomic mass is 79.9. The van der Waals surface area contributed by atoms with Crippen LogP contribution in [-0.4, -0.2) is 37.4 Å². The average Bonchev–Trinajstić information content (AvgIpc) is 2.56. The van der Waals surface area contributed by atoms with Gasteiger partial charge in [0.05, 0.1) is 5.56 Å². The Hall–Kier alpha value is -1.65. The summed E-state index contributed by atoms with van der Waals surface area (Å²) in [5.74, 6) is 0. The van der Waals surface area contributed by atoms with Gasteiger partial charge in [0.25, 0.3) is 0 Å². The molecule has 1 aliphatic heterocycles. The lowest BCUT2D eigenvalue weighted by atomic mass is 10.1. The van der Waals surface area contributed by atoms with Gasteiger partial charge in [-0.05, 0) is 33.6 Å². The van der Waals surface area contributed by atoms with Gasteiger partial charge in [0, 0.05) is 42.9 Å². The summed E-state index contributed by atoms with van der Waals surface area (Å²) in [4.78, 5) is 16.1. The van der Waals surface area contributed by atoms with E-state index in [0.717, 1.165) is 54.7 Å². The lowest BCUT2D eigenvalue weighted by Gasteiger charge is -2.36. The molecule has 1 fully saturated rings. The van der Waals surface area contributed by atoms with E-state index in [1.807, 2.05) is 18.2 Å². The van der Waals surface area contributed by atoms with E-state index in [-0.39, 0.29) is 0 Å². The van der Waals surface area contributed by atoms with Gasteiger partial charge in [-0.1, -0.05) is 36.4 Å². The molecule has 0 radical (unpaired) electrons. The highest BCUT2D eigenvalue weighted by molar-refractivity contribution is 9.10. The maximum absolute atomic E-state index is 11.3. The van der Waals surface area contributed by atoms with Crippen LogP contribution in [0.4, 0.5) is 5.69 Å². The smallest absolute Gasteiger partial charge is 0.153 e. The van der Waals surface area contributed by atoms with E-state index in [0.29, 0.717) is 0 Å². The first-order valence-electron chi connectivity index (χ1n) is 7.53. The number of carbonyl (C=O) groups excluding carboxylic acids is 1. The van der Waals surface area contributed by atoms with E-state index in [9.17, 15) is 4.79 Å². The van der Waals surface area contributed by atoms with Crippen LogP contribution in [0.1, 0.15) is 15.9 Å². The molecule has 114 valence electrons. The molecule has 0 aliphatic carbocycles. The number of hydrogen-bond donors (Lipinski definition) is 0. The van der Waals surface area contributed by atoms with Gasteiger partial charge in [0.2, 0.25) is 0 Å². The van der Waals surface area contributed by atoms with Crippen molar-refractivity contribution >= 4 is 27.9 Å². The number of hydrogen-bond acceptors (Lipinski definition) is 3. The summed E-state index contributed by atoms with van der Waals surface area (Å²) < 4.78 is 0.867. The van der Waals surface area contributed by atoms with Crippen molar-refractivity contribution in [2.75, 3.05) is 31.1 Å². The van der Waals surface area contributed by atoms with Gasteiger partial charge >= 0.3 is 0 Å². The van der Waals surface area contributed by atoms with Crippen LogP contribution in [0.2, 0.25) is 0 Å². The van der Waals surface area contributed by atoms with Crippen LogP contribution in [0.25, 0.3) is 0 Å². The maximum atomic E-state index is 11.3. The zero-order valence-electron chi connectivity index (χ0n) is 12.4. The van der Waals surface area contributed by atoms with Gasteiger partial charge in [-0.3, -0.25) is 9.69 Å². The van der Waals surface area contributed by atoms with Crippen LogP contribution < -0.4 is 4.90 Å². The van der Waals surface area contributed by atoms with Gasteiger partial charge < -0.3 is 4.90 Å². The van der Waals surface area contributed by atoms with Gasteiger partial charge in [-0.2, -0.15) is 0 Å². The highest BCUT2D eigenvalue weighted by Crippen LogP contribution is 2.27. The van der Waals surface area contributed by atoms with E-state index in [4.69, 9.17) is 0 Å². The fourth-order valence-electron chi connectivity index (χ4n) is 2.91. The molecule has 2 aromatic rings. The number of benzene rings is 2. The molecular weight excluding hydrogens is 340 g/mol. The van der Waals surface area contributed by atoms with Gasteiger partial charge in [-0.25, -0.2) is 0 Å². The quantitative estimate of drug-likeness (QED) is 0.780. The second-order valence-electron chi connectivity index (χ2n) is 5.54. The van der Waals surface area contributed by atoms with Crippen LogP contribution in [-0.2, 0) is 6.54 Å². The minimum atomic E-state index is 0.749. The van der Waals surface area contributed by atoms with Crippen molar-refractivity contribution in [3.05, 3.63) is 64.1 Å². The Kier molecular flexibility index (Phi) is 4.90. The average molecular weight is 359 g/mol. The molecule has 1 aliphatic rings. The molecule has 4 heteroatoms. The van der Waals surface area contributed by atoms with E-state index in [1.54, 1.807) is 0 Å². The lowest BCUT2D eigenvalue weighted by Crippen LogP contribution is -2.46. The number of nitrogens with zero attached hydrogens (tertiary/aromatic N) is 2. The molecule has 1 saturated heterocycles. The van der Waals surface area contributed by atoms with E-state index in [2.05, 4.69) is 56.1 Å². The summed E-state index contributed by atoms with van der Waals surface area (Å²) in [5.41, 5.74) is 3.13. The minimum absolute atomic E-state index is 0.749. The summed E-state index contributed by atoms with van der Waals surface area (Å²) >= 11 is 3.46. The Morgan fingerprint density at radius 2 is 1.68 bits per heavy atom. The number of piperazine rings is 1. The SMILES string of the molecule is O=Cc1c(Br)cccc1N1CCN(Cc2ccccc2)CC1. The molecule has 0 spiro atoms. The fraction of sp³-hybridized carbons (Fsp3) is 0.278. The topological polar surface area (TPSA) is 23.6 Å². The number of halogens is 1. The van der Waals surface area contributed by atoms with Crippen LogP contribution >= 0.6 is 15.9 Å². The molecule has 3 rings (SSSR count). The molecule has 0 N–H and O–H groups in total. The molecule has 0 amide bonds. The molecule has 2 aromatic carbocycles. The third-order valence-electron chi connectivity index (χ3n) is 4.11. The van der Waals surface area contributed by atoms with Crippen molar-refractivity contribution in [3.8, 4) is 0 Å². The first-order chi connectivity index (χ1) is 10.8. The zero-order chi connectivity index (χ0) is 15.4. The Bertz CT molecular complexity index is 637. The summed E-state index contributed by atoms with van der Waals surface area (Å²) in [6.07, 6.45) is 0.940. The van der Waals surface area contributed by atoms with Crippen molar-refractivity contribution in [1.29, 1.82) is 0 Å². The van der Waals surface area contributed by atoms with Crippen LogP contribution in [0.15, 0.2) is 53.0 Å². The molecular formula is C18H19BrN2O. The summed E-state index contributed by atoms with van der Waals surface area (Å²) in [6, 6.07) is 16.5. The molecule has 0 atom stereocenters. The molecule has 0 saturated carbocycles. The number of rotatable bonds is 4. The highest BCUT2D eigenvalue weighted by Gasteiger charge is 2.20. The van der Waals surface area contributed by atoms with Crippen molar-refractivity contribution in [3.63, 3.8) is 0 Å². The molecule has 0 unspecified atom stereocenters. The predicted octanol–water partition coefficient (Wildman–Crippen LogP) is 3.58. The largest absolute Gasteiger partial charge is 0.368 e. The molecule has 3 nitrogen and oxygen atoms in total. The van der Waals surface area contributed by atoms with Gasteiger partial charge in [-0.15, -0.1) is 0 Å². The number of carbonyl (C=O) groups is 1. The van der Waals surface area contributed by atoms with Crippen molar-refractivity contribution in [2.24, 2.45) is 0 Å². The van der Waals surface area contributed by atoms with Crippen molar-refractivity contribution < 1.29 is 4.79 Å². The maximum Gasteiger partial charge on any atom is 0.153 e. The van der Waals surface area contributed by atoms with Crippen LogP contribution in [0, 0.1) is 0 Å². The minimum Gasteiger partial charge on any atom is -0.368 e.